The van der Waals surface area contributed by atoms with Gasteiger partial charge in [-0.05, 0) is 48.9 Å². The van der Waals surface area contributed by atoms with Crippen molar-refractivity contribution in [2.45, 2.75) is 18.4 Å². The van der Waals surface area contributed by atoms with Crippen molar-refractivity contribution in [3.63, 3.8) is 0 Å². The number of carbonyl (C=O) groups is 2. The Morgan fingerprint density at radius 2 is 1.76 bits per heavy atom. The van der Waals surface area contributed by atoms with Gasteiger partial charge < -0.3 is 19.1 Å². The molecule has 0 saturated carbocycles. The van der Waals surface area contributed by atoms with Crippen molar-refractivity contribution >= 4 is 43.7 Å². The number of ether oxygens (including phenoxy) is 3. The van der Waals surface area contributed by atoms with Crippen LogP contribution in [0.3, 0.4) is 0 Å². The minimum atomic E-state index is -4.19. The molecule has 0 aliphatic carbocycles. The number of fused-ring (bicyclic) bond motifs is 5. The molecule has 1 amide bonds. The molecule has 192 valence electrons. The quantitative estimate of drug-likeness (QED) is 0.341. The zero-order valence-electron chi connectivity index (χ0n) is 20.9. The molecule has 0 unspecified atom stereocenters. The number of aromatic nitrogens is 1. The predicted octanol–water partition coefficient (Wildman–Crippen LogP) is 3.74. The molecule has 3 aromatic carbocycles. The van der Waals surface area contributed by atoms with Crippen LogP contribution in [-0.2, 0) is 26.0 Å². The highest BCUT2D eigenvalue weighted by atomic mass is 32.2. The van der Waals surface area contributed by atoms with Crippen molar-refractivity contribution in [2.75, 3.05) is 34.5 Å². The molecule has 9 nitrogen and oxygen atoms in total. The average Bonchev–Trinajstić information content (AvgIpc) is 3.40. The molecular formula is C27H26N2O7S. The van der Waals surface area contributed by atoms with E-state index in [0.29, 0.717) is 46.3 Å². The van der Waals surface area contributed by atoms with Crippen LogP contribution in [0.2, 0.25) is 0 Å². The first-order valence-electron chi connectivity index (χ1n) is 11.6. The molecule has 37 heavy (non-hydrogen) atoms. The molecule has 5 rings (SSSR count). The molecule has 1 aliphatic heterocycles. The Morgan fingerprint density at radius 1 is 1.03 bits per heavy atom. The topological polar surface area (TPSA) is 104 Å². The zero-order valence-corrected chi connectivity index (χ0v) is 21.7. The van der Waals surface area contributed by atoms with Crippen molar-refractivity contribution in [2.24, 2.45) is 0 Å². The Balaban J connectivity index is 1.94. The van der Waals surface area contributed by atoms with Gasteiger partial charge in [-0.3, -0.25) is 4.79 Å². The molecule has 10 heteroatoms. The van der Waals surface area contributed by atoms with E-state index in [1.54, 1.807) is 48.4 Å². The third kappa shape index (κ3) is 3.84. The van der Waals surface area contributed by atoms with Gasteiger partial charge >= 0.3 is 5.97 Å². The Hall–Kier alpha value is -3.89. The Kier molecular flexibility index (Phi) is 6.17. The van der Waals surface area contributed by atoms with E-state index in [-0.39, 0.29) is 28.4 Å². The van der Waals surface area contributed by atoms with Crippen LogP contribution < -0.4 is 4.74 Å². The third-order valence-corrected chi connectivity index (χ3v) is 8.40. The smallest absolute Gasteiger partial charge is 0.340 e. The van der Waals surface area contributed by atoms with Crippen LogP contribution >= 0.6 is 0 Å². The van der Waals surface area contributed by atoms with Crippen LogP contribution in [0.15, 0.2) is 53.4 Å². The third-order valence-electron chi connectivity index (χ3n) is 6.67. The van der Waals surface area contributed by atoms with Crippen molar-refractivity contribution in [3.8, 4) is 5.75 Å². The molecule has 1 aromatic heterocycles. The Bertz CT molecular complexity index is 1670. The molecule has 4 aromatic rings. The Morgan fingerprint density at radius 3 is 2.41 bits per heavy atom. The van der Waals surface area contributed by atoms with Crippen molar-refractivity contribution < 1.29 is 32.2 Å². The molecule has 0 atom stereocenters. The highest BCUT2D eigenvalue weighted by molar-refractivity contribution is 7.90. The summed E-state index contributed by atoms with van der Waals surface area (Å²) in [7, 11) is 0.107. The van der Waals surface area contributed by atoms with E-state index in [2.05, 4.69) is 0 Å². The number of nitrogens with zero attached hydrogens (tertiary/aromatic N) is 2. The maximum absolute atomic E-state index is 14.1. The van der Waals surface area contributed by atoms with E-state index in [0.717, 1.165) is 9.54 Å². The standard InChI is InChI=1S/C27H26N2O7S/c1-16-5-8-19(9-6-16)37(32,33)29-22-10-7-18(35-3)14-20(22)24-23-17(13-21(25(24)29)27(31)36-4)15-28(26(23)30)11-12-34-2/h5-10,13-14H,11-12,15H2,1-4H3. The second kappa shape index (κ2) is 9.20. The lowest BCUT2D eigenvalue weighted by molar-refractivity contribution is 0.0602. The molecule has 0 bridgehead atoms. The summed E-state index contributed by atoms with van der Waals surface area (Å²) in [5.41, 5.74) is 2.34. The molecule has 2 heterocycles. The summed E-state index contributed by atoms with van der Waals surface area (Å²) >= 11 is 0. The molecule has 0 fully saturated rings. The molecular weight excluding hydrogens is 496 g/mol. The second-order valence-corrected chi connectivity index (χ2v) is 10.6. The van der Waals surface area contributed by atoms with Gasteiger partial charge in [0.15, 0.2) is 0 Å². The number of hydrogen-bond acceptors (Lipinski definition) is 7. The minimum absolute atomic E-state index is 0.0529. The summed E-state index contributed by atoms with van der Waals surface area (Å²) in [4.78, 5) is 28.3. The van der Waals surface area contributed by atoms with Crippen molar-refractivity contribution in [1.82, 2.24) is 8.87 Å². The van der Waals surface area contributed by atoms with Gasteiger partial charge in [-0.1, -0.05) is 17.7 Å². The highest BCUT2D eigenvalue weighted by Gasteiger charge is 2.36. The summed E-state index contributed by atoms with van der Waals surface area (Å²) in [5.74, 6) is -0.480. The number of benzene rings is 3. The van der Waals surface area contributed by atoms with Crippen LogP contribution in [0.4, 0.5) is 0 Å². The molecule has 0 saturated heterocycles. The predicted molar refractivity (Wildman–Crippen MR) is 138 cm³/mol. The van der Waals surface area contributed by atoms with Crippen molar-refractivity contribution in [3.05, 3.63) is 70.8 Å². The number of carbonyl (C=O) groups excluding carboxylic acids is 2. The van der Waals surface area contributed by atoms with Gasteiger partial charge in [0.1, 0.15) is 5.75 Å². The molecule has 1 aliphatic rings. The molecule has 0 radical (unpaired) electrons. The number of methoxy groups -OCH3 is 3. The van der Waals surface area contributed by atoms with E-state index in [1.165, 1.54) is 26.4 Å². The average molecular weight is 523 g/mol. The monoisotopic (exact) mass is 522 g/mol. The number of hydrogen-bond donors (Lipinski definition) is 0. The van der Waals surface area contributed by atoms with E-state index in [4.69, 9.17) is 14.2 Å². The number of esters is 1. The van der Waals surface area contributed by atoms with Crippen LogP contribution in [-0.4, -0.2) is 63.6 Å². The van der Waals surface area contributed by atoms with E-state index < -0.39 is 16.0 Å². The van der Waals surface area contributed by atoms with E-state index in [9.17, 15) is 18.0 Å². The number of aryl methyl sites for hydroxylation is 1. The first-order valence-corrected chi connectivity index (χ1v) is 13.0. The van der Waals surface area contributed by atoms with Gasteiger partial charge in [0, 0.05) is 31.0 Å². The maximum atomic E-state index is 14.1. The van der Waals surface area contributed by atoms with Crippen LogP contribution in [0.1, 0.15) is 31.8 Å². The van der Waals surface area contributed by atoms with Gasteiger partial charge in [-0.2, -0.15) is 0 Å². The summed E-state index contributed by atoms with van der Waals surface area (Å²) in [6, 6.07) is 13.0. The summed E-state index contributed by atoms with van der Waals surface area (Å²) in [6.45, 7) is 2.81. The fourth-order valence-electron chi connectivity index (χ4n) is 4.86. The lowest BCUT2D eigenvalue weighted by Crippen LogP contribution is -2.27. The first kappa shape index (κ1) is 24.8. The van der Waals surface area contributed by atoms with Gasteiger partial charge in [-0.15, -0.1) is 0 Å². The van der Waals surface area contributed by atoms with Crippen molar-refractivity contribution in [1.29, 1.82) is 0 Å². The lowest BCUT2D eigenvalue weighted by atomic mass is 9.98. The van der Waals surface area contributed by atoms with Gasteiger partial charge in [0.05, 0.1) is 47.9 Å². The number of rotatable bonds is 7. The number of amides is 1. The Labute approximate surface area is 214 Å². The van der Waals surface area contributed by atoms with Gasteiger partial charge in [0.2, 0.25) is 0 Å². The highest BCUT2D eigenvalue weighted by Crippen LogP contribution is 2.42. The van der Waals surface area contributed by atoms with Gasteiger partial charge in [0.25, 0.3) is 15.9 Å². The SMILES string of the molecule is COCCN1Cc2cc(C(=O)OC)c3c(c2C1=O)c1cc(OC)ccc1n3S(=O)(=O)c1ccc(C)cc1. The first-order chi connectivity index (χ1) is 17.7. The van der Waals surface area contributed by atoms with E-state index in [1.807, 2.05) is 6.92 Å². The molecule has 0 spiro atoms. The van der Waals surface area contributed by atoms with E-state index >= 15 is 0 Å². The zero-order chi connectivity index (χ0) is 26.5. The second-order valence-electron chi connectivity index (χ2n) is 8.86. The summed E-state index contributed by atoms with van der Waals surface area (Å²) < 4.78 is 45.0. The normalized spacial score (nSPS) is 13.4. The lowest BCUT2D eigenvalue weighted by Gasteiger charge is -2.14. The molecule has 0 N–H and O–H groups in total. The van der Waals surface area contributed by atoms with Crippen LogP contribution in [0, 0.1) is 6.92 Å². The van der Waals surface area contributed by atoms with Gasteiger partial charge in [-0.25, -0.2) is 17.2 Å². The van der Waals surface area contributed by atoms with Crippen LogP contribution in [0.5, 0.6) is 5.75 Å². The minimum Gasteiger partial charge on any atom is -0.497 e. The largest absolute Gasteiger partial charge is 0.497 e. The summed E-state index contributed by atoms with van der Waals surface area (Å²) in [5, 5.41) is 0.849. The summed E-state index contributed by atoms with van der Waals surface area (Å²) in [6.07, 6.45) is 0. The van der Waals surface area contributed by atoms with Crippen LogP contribution in [0.25, 0.3) is 21.8 Å². The maximum Gasteiger partial charge on any atom is 0.340 e. The fraction of sp³-hybridized carbons (Fsp3) is 0.259. The fourth-order valence-corrected chi connectivity index (χ4v) is 6.40.